The van der Waals surface area contributed by atoms with Crippen molar-refractivity contribution in [1.82, 2.24) is 5.32 Å². The molecule has 148 valence electrons. The molecular formula is C16H15F6N3O2. The number of amides is 2. The fourth-order valence-corrected chi connectivity index (χ4v) is 2.29. The third-order valence-electron chi connectivity index (χ3n) is 3.62. The fourth-order valence-electron chi connectivity index (χ4n) is 2.29. The van der Waals surface area contributed by atoms with Crippen molar-refractivity contribution in [3.05, 3.63) is 34.9 Å². The monoisotopic (exact) mass is 395 g/mol. The molecule has 27 heavy (non-hydrogen) atoms. The Morgan fingerprint density at radius 2 is 1.59 bits per heavy atom. The van der Waals surface area contributed by atoms with Gasteiger partial charge in [-0.05, 0) is 29.7 Å². The Morgan fingerprint density at radius 3 is 1.96 bits per heavy atom. The van der Waals surface area contributed by atoms with Crippen molar-refractivity contribution in [3.8, 4) is 6.07 Å². The van der Waals surface area contributed by atoms with E-state index in [0.717, 1.165) is 0 Å². The Balaban J connectivity index is 3.11. The van der Waals surface area contributed by atoms with Crippen molar-refractivity contribution >= 4 is 11.8 Å². The van der Waals surface area contributed by atoms with E-state index >= 15 is 0 Å². The number of hydrogen-bond acceptors (Lipinski definition) is 3. The van der Waals surface area contributed by atoms with Gasteiger partial charge in [-0.3, -0.25) is 9.59 Å². The molecule has 5 nitrogen and oxygen atoms in total. The number of alkyl halides is 6. The number of rotatable bonds is 6. The zero-order chi connectivity index (χ0) is 21.0. The van der Waals surface area contributed by atoms with Crippen LogP contribution in [0.1, 0.15) is 30.0 Å². The van der Waals surface area contributed by atoms with Gasteiger partial charge in [0.15, 0.2) is 0 Å². The van der Waals surface area contributed by atoms with Crippen LogP contribution in [0.3, 0.4) is 0 Å². The third-order valence-corrected chi connectivity index (χ3v) is 3.62. The molecule has 0 saturated carbocycles. The number of primary amides is 1. The Kier molecular flexibility index (Phi) is 6.83. The first kappa shape index (κ1) is 22.3. The van der Waals surface area contributed by atoms with Crippen molar-refractivity contribution in [1.29, 1.82) is 5.26 Å². The van der Waals surface area contributed by atoms with Crippen molar-refractivity contribution < 1.29 is 35.9 Å². The summed E-state index contributed by atoms with van der Waals surface area (Å²) in [7, 11) is 0. The Morgan fingerprint density at radius 1 is 1.11 bits per heavy atom. The molecule has 1 aromatic rings. The van der Waals surface area contributed by atoms with Crippen LogP contribution >= 0.6 is 0 Å². The molecule has 0 fully saturated rings. The first-order valence-electron chi connectivity index (χ1n) is 7.49. The van der Waals surface area contributed by atoms with Crippen molar-refractivity contribution in [2.24, 2.45) is 11.7 Å². The minimum atomic E-state index is -5.04. The largest absolute Gasteiger partial charge is 0.416 e. The van der Waals surface area contributed by atoms with E-state index in [0.29, 0.717) is 12.1 Å². The average molecular weight is 395 g/mol. The minimum absolute atomic E-state index is 0.0530. The van der Waals surface area contributed by atoms with E-state index in [1.807, 2.05) is 0 Å². The third kappa shape index (κ3) is 6.47. The second kappa shape index (κ2) is 8.28. The summed E-state index contributed by atoms with van der Waals surface area (Å²) < 4.78 is 76.9. The van der Waals surface area contributed by atoms with E-state index in [-0.39, 0.29) is 12.5 Å². The van der Waals surface area contributed by atoms with Crippen molar-refractivity contribution in [2.45, 2.75) is 38.2 Å². The van der Waals surface area contributed by atoms with Gasteiger partial charge in [-0.25, -0.2) is 0 Å². The van der Waals surface area contributed by atoms with Gasteiger partial charge >= 0.3 is 12.4 Å². The first-order valence-corrected chi connectivity index (χ1v) is 7.49. The van der Waals surface area contributed by atoms with Crippen LogP contribution in [0.5, 0.6) is 0 Å². The van der Waals surface area contributed by atoms with Crippen LogP contribution in [0.15, 0.2) is 18.2 Å². The maximum absolute atomic E-state index is 12.8. The smallest absolute Gasteiger partial charge is 0.368 e. The predicted octanol–water partition coefficient (Wildman–Crippen LogP) is 2.79. The highest BCUT2D eigenvalue weighted by molar-refractivity contribution is 5.87. The van der Waals surface area contributed by atoms with Gasteiger partial charge < -0.3 is 11.1 Å². The van der Waals surface area contributed by atoms with Gasteiger partial charge in [-0.15, -0.1) is 0 Å². The van der Waals surface area contributed by atoms with Crippen LogP contribution < -0.4 is 11.1 Å². The molecule has 3 N–H and O–H groups in total. The number of benzene rings is 1. The Bertz CT molecular complexity index is 720. The van der Waals surface area contributed by atoms with Crippen molar-refractivity contribution in [2.75, 3.05) is 0 Å². The molecule has 2 amide bonds. The first-order chi connectivity index (χ1) is 12.3. The van der Waals surface area contributed by atoms with Gasteiger partial charge in [0.2, 0.25) is 11.8 Å². The molecule has 0 aliphatic heterocycles. The summed E-state index contributed by atoms with van der Waals surface area (Å²) in [5.74, 6) is -2.68. The highest BCUT2D eigenvalue weighted by Gasteiger charge is 2.37. The lowest BCUT2D eigenvalue weighted by atomic mass is 9.97. The lowest BCUT2D eigenvalue weighted by Crippen LogP contribution is -2.48. The number of nitriles is 1. The van der Waals surface area contributed by atoms with E-state index < -0.39 is 59.2 Å². The molecule has 11 heteroatoms. The van der Waals surface area contributed by atoms with Gasteiger partial charge in [0.1, 0.15) is 6.04 Å². The summed E-state index contributed by atoms with van der Waals surface area (Å²) in [6.07, 6.45) is -11.1. The van der Waals surface area contributed by atoms with E-state index in [4.69, 9.17) is 11.0 Å². The topological polar surface area (TPSA) is 96.0 Å². The highest BCUT2D eigenvalue weighted by atomic mass is 19.4. The highest BCUT2D eigenvalue weighted by Crippen LogP contribution is 2.36. The molecule has 0 spiro atoms. The maximum atomic E-state index is 12.8. The lowest BCUT2D eigenvalue weighted by molar-refractivity contribution is -0.143. The maximum Gasteiger partial charge on any atom is 0.416 e. The normalized spacial score (nSPS) is 14.1. The molecule has 0 radical (unpaired) electrons. The van der Waals surface area contributed by atoms with Gasteiger partial charge in [-0.2, -0.15) is 31.6 Å². The molecule has 0 unspecified atom stereocenters. The zero-order valence-corrected chi connectivity index (χ0v) is 13.9. The molecule has 1 rings (SSSR count). The van der Waals surface area contributed by atoms with E-state index in [1.165, 1.54) is 6.92 Å². The van der Waals surface area contributed by atoms with Gasteiger partial charge in [-0.1, -0.05) is 6.92 Å². The SMILES string of the molecule is C[C@H](CC#N)[C@@H](NC(=O)Cc1cc(C(F)(F)F)cc(C(F)(F)F)c1)C(N)=O. The summed E-state index contributed by atoms with van der Waals surface area (Å²) in [5.41, 5.74) is 1.47. The van der Waals surface area contributed by atoms with Gasteiger partial charge in [0.25, 0.3) is 0 Å². The molecule has 0 saturated heterocycles. The molecule has 0 aliphatic carbocycles. The summed E-state index contributed by atoms with van der Waals surface area (Å²) in [6, 6.07) is 1.27. The number of nitrogens with one attached hydrogen (secondary N) is 1. The van der Waals surface area contributed by atoms with Gasteiger partial charge in [0.05, 0.1) is 23.6 Å². The number of hydrogen-bond donors (Lipinski definition) is 2. The van der Waals surface area contributed by atoms with Crippen LogP contribution in [0.25, 0.3) is 0 Å². The number of carbonyl (C=O) groups is 2. The summed E-state index contributed by atoms with van der Waals surface area (Å²) in [4.78, 5) is 23.4. The number of nitrogens with zero attached hydrogens (tertiary/aromatic N) is 1. The lowest BCUT2D eigenvalue weighted by Gasteiger charge is -2.20. The van der Waals surface area contributed by atoms with Crippen LogP contribution in [0, 0.1) is 17.2 Å². The standard InChI is InChI=1S/C16H15F6N3O2/c1-8(2-3-23)13(14(24)27)25-12(26)6-9-4-10(15(17,18)19)7-11(5-9)16(20,21)22/h4-5,7-8,13H,2,6H2,1H3,(H2,24,27)(H,25,26)/t8-,13-/m1/s1. The zero-order valence-electron chi connectivity index (χ0n) is 13.9. The molecule has 0 aromatic heterocycles. The predicted molar refractivity (Wildman–Crippen MR) is 80.7 cm³/mol. The van der Waals surface area contributed by atoms with E-state index in [9.17, 15) is 35.9 Å². The van der Waals surface area contributed by atoms with Crippen LogP contribution in [-0.2, 0) is 28.4 Å². The molecule has 2 atom stereocenters. The average Bonchev–Trinajstić information content (AvgIpc) is 2.50. The molecular weight excluding hydrogens is 380 g/mol. The Hall–Kier alpha value is -2.77. The van der Waals surface area contributed by atoms with Crippen LogP contribution in [0.2, 0.25) is 0 Å². The molecule has 0 bridgehead atoms. The van der Waals surface area contributed by atoms with Crippen LogP contribution in [-0.4, -0.2) is 17.9 Å². The van der Waals surface area contributed by atoms with E-state index in [1.54, 1.807) is 6.07 Å². The number of carbonyl (C=O) groups excluding carboxylic acids is 2. The minimum Gasteiger partial charge on any atom is -0.368 e. The van der Waals surface area contributed by atoms with Gasteiger partial charge in [0, 0.05) is 6.42 Å². The summed E-state index contributed by atoms with van der Waals surface area (Å²) in [5, 5.41) is 10.8. The van der Waals surface area contributed by atoms with E-state index in [2.05, 4.69) is 5.32 Å². The molecule has 1 aromatic carbocycles. The number of nitrogens with two attached hydrogens (primary N) is 1. The summed E-state index contributed by atoms with van der Waals surface area (Å²) >= 11 is 0. The Labute approximate surface area is 150 Å². The molecule has 0 aliphatic rings. The second-order valence-corrected chi connectivity index (χ2v) is 5.88. The quantitative estimate of drug-likeness (QED) is 0.725. The summed E-state index contributed by atoms with van der Waals surface area (Å²) in [6.45, 7) is 1.44. The van der Waals surface area contributed by atoms with Crippen LogP contribution in [0.4, 0.5) is 26.3 Å². The van der Waals surface area contributed by atoms with Crippen molar-refractivity contribution in [3.63, 3.8) is 0 Å². The second-order valence-electron chi connectivity index (χ2n) is 5.88. The fraction of sp³-hybridized carbons (Fsp3) is 0.438. The molecule has 0 heterocycles. The number of halogens is 6.